The van der Waals surface area contributed by atoms with Crippen molar-refractivity contribution in [3.8, 4) is 0 Å². The standard InChI is InChI=1S/C16H31FO/c1-3-4-5-6-7-8-9-10-11-12-13-14-15-18-16(2)17/h2-15H2,1H3. The SMILES string of the molecule is C=C(F)OCCCCCCCCCCCCCC. The van der Waals surface area contributed by atoms with Crippen LogP contribution >= 0.6 is 0 Å². The van der Waals surface area contributed by atoms with Crippen LogP contribution in [0.1, 0.15) is 84.0 Å². The molecule has 18 heavy (non-hydrogen) atoms. The molecule has 0 aromatic rings. The molecule has 0 rings (SSSR count). The summed E-state index contributed by atoms with van der Waals surface area (Å²) in [5, 5.41) is 0. The van der Waals surface area contributed by atoms with Gasteiger partial charge in [0.25, 0.3) is 6.01 Å². The summed E-state index contributed by atoms with van der Waals surface area (Å²) in [5.41, 5.74) is 0. The molecule has 0 aromatic carbocycles. The fourth-order valence-corrected chi connectivity index (χ4v) is 2.13. The third-order valence-corrected chi connectivity index (χ3v) is 3.26. The Kier molecular flexibility index (Phi) is 14.1. The molecule has 0 N–H and O–H groups in total. The number of ether oxygens (including phenoxy) is 1. The van der Waals surface area contributed by atoms with Gasteiger partial charge in [0, 0.05) is 0 Å². The van der Waals surface area contributed by atoms with E-state index in [1.54, 1.807) is 0 Å². The van der Waals surface area contributed by atoms with Gasteiger partial charge in [0.1, 0.15) is 0 Å². The summed E-state index contributed by atoms with van der Waals surface area (Å²) < 4.78 is 16.8. The first-order chi connectivity index (χ1) is 8.77. The molecule has 0 atom stereocenters. The van der Waals surface area contributed by atoms with Gasteiger partial charge in [-0.15, -0.1) is 0 Å². The van der Waals surface area contributed by atoms with Crippen molar-refractivity contribution in [3.63, 3.8) is 0 Å². The summed E-state index contributed by atoms with van der Waals surface area (Å²) in [5.74, 6) is 0. The van der Waals surface area contributed by atoms with Crippen molar-refractivity contribution >= 4 is 0 Å². The summed E-state index contributed by atoms with van der Waals surface area (Å²) in [7, 11) is 0. The molecule has 0 aliphatic carbocycles. The Morgan fingerprint density at radius 2 is 1.17 bits per heavy atom. The maximum Gasteiger partial charge on any atom is 0.265 e. The molecule has 0 spiro atoms. The number of halogens is 1. The normalized spacial score (nSPS) is 10.6. The molecule has 0 radical (unpaired) electrons. The van der Waals surface area contributed by atoms with E-state index in [1.165, 1.54) is 64.2 Å². The first kappa shape index (κ1) is 17.5. The molecule has 0 unspecified atom stereocenters. The lowest BCUT2D eigenvalue weighted by molar-refractivity contribution is 0.143. The van der Waals surface area contributed by atoms with E-state index < -0.39 is 6.01 Å². The Balaban J connectivity index is 2.92. The molecule has 0 aromatic heterocycles. The molecule has 108 valence electrons. The van der Waals surface area contributed by atoms with E-state index in [4.69, 9.17) is 0 Å². The zero-order valence-electron chi connectivity index (χ0n) is 12.2. The second-order valence-corrected chi connectivity index (χ2v) is 5.09. The van der Waals surface area contributed by atoms with Gasteiger partial charge in [-0.1, -0.05) is 77.6 Å². The van der Waals surface area contributed by atoms with Crippen LogP contribution in [0.25, 0.3) is 0 Å². The van der Waals surface area contributed by atoms with Crippen LogP contribution in [0.15, 0.2) is 12.6 Å². The van der Waals surface area contributed by atoms with Crippen molar-refractivity contribution in [3.05, 3.63) is 12.6 Å². The van der Waals surface area contributed by atoms with E-state index in [0.29, 0.717) is 6.61 Å². The van der Waals surface area contributed by atoms with Gasteiger partial charge in [0.15, 0.2) is 0 Å². The molecule has 2 heteroatoms. The van der Waals surface area contributed by atoms with E-state index in [-0.39, 0.29) is 0 Å². The van der Waals surface area contributed by atoms with Crippen molar-refractivity contribution in [1.29, 1.82) is 0 Å². The molecular formula is C16H31FO. The molecule has 0 amide bonds. The fraction of sp³-hybridized carbons (Fsp3) is 0.875. The minimum absolute atomic E-state index is 0.479. The molecular weight excluding hydrogens is 227 g/mol. The van der Waals surface area contributed by atoms with Crippen LogP contribution in [-0.4, -0.2) is 6.61 Å². The van der Waals surface area contributed by atoms with Gasteiger partial charge in [-0.05, 0) is 13.0 Å². The van der Waals surface area contributed by atoms with Gasteiger partial charge >= 0.3 is 0 Å². The zero-order chi connectivity index (χ0) is 13.5. The number of hydrogen-bond donors (Lipinski definition) is 0. The van der Waals surface area contributed by atoms with Crippen molar-refractivity contribution in [2.45, 2.75) is 84.0 Å². The molecule has 1 nitrogen and oxygen atoms in total. The van der Waals surface area contributed by atoms with E-state index in [1.807, 2.05) is 0 Å². The largest absolute Gasteiger partial charge is 0.471 e. The fourth-order valence-electron chi connectivity index (χ4n) is 2.13. The van der Waals surface area contributed by atoms with Crippen LogP contribution in [0.2, 0.25) is 0 Å². The highest BCUT2D eigenvalue weighted by Gasteiger charge is 1.94. The lowest BCUT2D eigenvalue weighted by Gasteiger charge is -2.03. The molecule has 0 aliphatic rings. The maximum atomic E-state index is 12.1. The molecule has 0 bridgehead atoms. The van der Waals surface area contributed by atoms with E-state index in [0.717, 1.165) is 12.8 Å². The first-order valence-electron chi connectivity index (χ1n) is 7.74. The predicted molar refractivity (Wildman–Crippen MR) is 77.3 cm³/mol. The highest BCUT2D eigenvalue weighted by molar-refractivity contribution is 4.63. The summed E-state index contributed by atoms with van der Waals surface area (Å²) in [6.07, 6.45) is 15.7. The Hall–Kier alpha value is -0.530. The van der Waals surface area contributed by atoms with Gasteiger partial charge < -0.3 is 4.74 Å². The number of hydrogen-bond acceptors (Lipinski definition) is 1. The quantitative estimate of drug-likeness (QED) is 0.268. The minimum atomic E-state index is -0.655. The Labute approximate surface area is 113 Å². The maximum absolute atomic E-state index is 12.1. The van der Waals surface area contributed by atoms with Crippen molar-refractivity contribution < 1.29 is 9.13 Å². The summed E-state index contributed by atoms with van der Waals surface area (Å²) >= 11 is 0. The Morgan fingerprint density at radius 3 is 1.56 bits per heavy atom. The zero-order valence-corrected chi connectivity index (χ0v) is 12.2. The molecule has 0 aliphatic heterocycles. The molecule has 0 saturated carbocycles. The minimum Gasteiger partial charge on any atom is -0.471 e. The van der Waals surface area contributed by atoms with Crippen LogP contribution < -0.4 is 0 Å². The summed E-state index contributed by atoms with van der Waals surface area (Å²) in [6, 6.07) is -0.655. The summed E-state index contributed by atoms with van der Waals surface area (Å²) in [4.78, 5) is 0. The molecule has 0 fully saturated rings. The van der Waals surface area contributed by atoms with Gasteiger partial charge in [0.05, 0.1) is 6.61 Å². The highest BCUT2D eigenvalue weighted by Crippen LogP contribution is 2.12. The van der Waals surface area contributed by atoms with Gasteiger partial charge in [-0.3, -0.25) is 0 Å². The molecule has 0 saturated heterocycles. The number of rotatable bonds is 14. The van der Waals surface area contributed by atoms with Crippen LogP contribution in [0, 0.1) is 0 Å². The lowest BCUT2D eigenvalue weighted by Crippen LogP contribution is -1.90. The van der Waals surface area contributed by atoms with Crippen molar-refractivity contribution in [2.24, 2.45) is 0 Å². The average molecular weight is 258 g/mol. The van der Waals surface area contributed by atoms with Crippen LogP contribution in [0.5, 0.6) is 0 Å². The van der Waals surface area contributed by atoms with Gasteiger partial charge in [0.2, 0.25) is 0 Å². The monoisotopic (exact) mass is 258 g/mol. The van der Waals surface area contributed by atoms with Gasteiger partial charge in [-0.25, -0.2) is 0 Å². The predicted octanol–water partition coefficient (Wildman–Crippen LogP) is 6.14. The first-order valence-corrected chi connectivity index (χ1v) is 7.74. The number of unbranched alkanes of at least 4 members (excludes halogenated alkanes) is 11. The topological polar surface area (TPSA) is 9.23 Å². The van der Waals surface area contributed by atoms with Crippen molar-refractivity contribution in [2.75, 3.05) is 6.61 Å². The van der Waals surface area contributed by atoms with E-state index >= 15 is 0 Å². The molecule has 0 heterocycles. The second-order valence-electron chi connectivity index (χ2n) is 5.09. The van der Waals surface area contributed by atoms with Gasteiger partial charge in [-0.2, -0.15) is 4.39 Å². The average Bonchev–Trinajstić information content (AvgIpc) is 2.34. The van der Waals surface area contributed by atoms with Crippen LogP contribution in [-0.2, 0) is 4.74 Å². The Bertz CT molecular complexity index is 180. The van der Waals surface area contributed by atoms with Crippen molar-refractivity contribution in [1.82, 2.24) is 0 Å². The van der Waals surface area contributed by atoms with Crippen LogP contribution in [0.4, 0.5) is 4.39 Å². The summed E-state index contributed by atoms with van der Waals surface area (Å²) in [6.45, 7) is 5.80. The lowest BCUT2D eigenvalue weighted by atomic mass is 10.1. The Morgan fingerprint density at radius 1 is 0.778 bits per heavy atom. The smallest absolute Gasteiger partial charge is 0.265 e. The highest BCUT2D eigenvalue weighted by atomic mass is 19.1. The van der Waals surface area contributed by atoms with Crippen LogP contribution in [0.3, 0.4) is 0 Å². The third-order valence-electron chi connectivity index (χ3n) is 3.26. The second kappa shape index (κ2) is 14.5. The van der Waals surface area contributed by atoms with E-state index in [9.17, 15) is 4.39 Å². The third kappa shape index (κ3) is 15.5. The van der Waals surface area contributed by atoms with E-state index in [2.05, 4.69) is 18.2 Å².